The van der Waals surface area contributed by atoms with Gasteiger partial charge in [-0.05, 0) is 55.2 Å². The summed E-state index contributed by atoms with van der Waals surface area (Å²) < 4.78 is 6.25. The molecule has 100 valence electrons. The first-order chi connectivity index (χ1) is 8.17. The summed E-state index contributed by atoms with van der Waals surface area (Å²) in [5.74, 6) is 0.995. The van der Waals surface area contributed by atoms with Crippen molar-refractivity contribution in [3.05, 3.63) is 35.9 Å². The zero-order chi connectivity index (χ0) is 14.0. The molecule has 0 fully saturated rings. The van der Waals surface area contributed by atoms with Gasteiger partial charge in [0, 0.05) is 0 Å². The molecule has 0 aliphatic heterocycles. The van der Waals surface area contributed by atoms with Crippen LogP contribution in [0, 0.1) is 0 Å². The van der Waals surface area contributed by atoms with Crippen LogP contribution in [0.4, 0.5) is 0 Å². The van der Waals surface area contributed by atoms with Gasteiger partial charge < -0.3 is 4.43 Å². The molecule has 0 bridgehead atoms. The van der Waals surface area contributed by atoms with E-state index >= 15 is 0 Å². The van der Waals surface area contributed by atoms with Crippen LogP contribution in [0.25, 0.3) is 5.57 Å². The van der Waals surface area contributed by atoms with Gasteiger partial charge in [0.25, 0.3) is 0 Å². The minimum atomic E-state index is -1.71. The summed E-state index contributed by atoms with van der Waals surface area (Å²) >= 11 is 0. The van der Waals surface area contributed by atoms with E-state index in [0.29, 0.717) is 0 Å². The summed E-state index contributed by atoms with van der Waals surface area (Å²) in [6.07, 6.45) is 2.13. The Kier molecular flexibility index (Phi) is 4.44. The molecule has 0 atom stereocenters. The van der Waals surface area contributed by atoms with E-state index in [-0.39, 0.29) is 5.04 Å². The molecule has 1 aromatic carbocycles. The summed E-state index contributed by atoms with van der Waals surface area (Å²) in [6, 6.07) is 8.45. The van der Waals surface area contributed by atoms with Crippen molar-refractivity contribution in [3.63, 3.8) is 0 Å². The molecule has 0 aromatic heterocycles. The third-order valence-electron chi connectivity index (χ3n) is 3.92. The number of benzene rings is 1. The largest absolute Gasteiger partial charge is 0.544 e. The molecule has 0 spiro atoms. The Hall–Kier alpha value is -1.02. The predicted octanol–water partition coefficient (Wildman–Crippen LogP) is 5.49. The molecule has 0 radical (unpaired) electrons. The molecule has 0 saturated heterocycles. The fourth-order valence-corrected chi connectivity index (χ4v) is 2.43. The maximum Gasteiger partial charge on any atom is 0.250 e. The third kappa shape index (κ3) is 3.48. The molecule has 0 aliphatic rings. The smallest absolute Gasteiger partial charge is 0.250 e. The third-order valence-corrected chi connectivity index (χ3v) is 8.28. The molecule has 1 rings (SSSR count). The van der Waals surface area contributed by atoms with Gasteiger partial charge in [-0.2, -0.15) is 0 Å². The molecule has 2 heteroatoms. The monoisotopic (exact) mass is 262 g/mol. The molecular formula is C16H26OSi. The highest BCUT2D eigenvalue weighted by atomic mass is 28.4. The minimum Gasteiger partial charge on any atom is -0.544 e. The van der Waals surface area contributed by atoms with E-state index in [2.05, 4.69) is 78.1 Å². The van der Waals surface area contributed by atoms with Crippen LogP contribution in [0.5, 0.6) is 5.75 Å². The Labute approximate surface area is 113 Å². The quantitative estimate of drug-likeness (QED) is 0.654. The van der Waals surface area contributed by atoms with Crippen molar-refractivity contribution in [2.24, 2.45) is 0 Å². The summed E-state index contributed by atoms with van der Waals surface area (Å²) in [7, 11) is -1.71. The standard InChI is InChI=1S/C16H26OSi/c1-8-13(2)14-9-11-15(12-10-14)17-18(6,7)16(3,4)5/h8-12H,1-7H3/b13-8+. The number of hydrogen-bond donors (Lipinski definition) is 0. The van der Waals surface area contributed by atoms with E-state index in [1.807, 2.05) is 0 Å². The lowest BCUT2D eigenvalue weighted by Gasteiger charge is -2.36. The second-order valence-electron chi connectivity index (χ2n) is 6.36. The van der Waals surface area contributed by atoms with Gasteiger partial charge in [0.1, 0.15) is 5.75 Å². The molecule has 1 aromatic rings. The van der Waals surface area contributed by atoms with Gasteiger partial charge in [-0.1, -0.05) is 39.0 Å². The van der Waals surface area contributed by atoms with E-state index in [1.54, 1.807) is 0 Å². The van der Waals surface area contributed by atoms with Crippen LogP contribution < -0.4 is 4.43 Å². The van der Waals surface area contributed by atoms with Gasteiger partial charge in [-0.15, -0.1) is 0 Å². The van der Waals surface area contributed by atoms with Crippen molar-refractivity contribution >= 4 is 13.9 Å². The summed E-state index contributed by atoms with van der Waals surface area (Å²) in [5.41, 5.74) is 2.56. The molecule has 0 unspecified atom stereocenters. The number of rotatable bonds is 3. The molecule has 0 aliphatic carbocycles. The molecule has 0 N–H and O–H groups in total. The fourth-order valence-electron chi connectivity index (χ4n) is 1.40. The zero-order valence-electron chi connectivity index (χ0n) is 12.8. The molecule has 0 amide bonds. The van der Waals surface area contributed by atoms with E-state index < -0.39 is 8.32 Å². The van der Waals surface area contributed by atoms with Crippen LogP contribution >= 0.6 is 0 Å². The number of hydrogen-bond acceptors (Lipinski definition) is 1. The van der Waals surface area contributed by atoms with Crippen LogP contribution in [-0.2, 0) is 0 Å². The Morgan fingerprint density at radius 1 is 1.11 bits per heavy atom. The van der Waals surface area contributed by atoms with Gasteiger partial charge in [0.2, 0.25) is 8.32 Å². The van der Waals surface area contributed by atoms with Crippen molar-refractivity contribution in [1.82, 2.24) is 0 Å². The lowest BCUT2D eigenvalue weighted by Crippen LogP contribution is -2.43. The summed E-state index contributed by atoms with van der Waals surface area (Å²) in [6.45, 7) is 15.5. The normalized spacial score (nSPS) is 13.6. The Morgan fingerprint density at radius 3 is 2.00 bits per heavy atom. The highest BCUT2D eigenvalue weighted by molar-refractivity contribution is 6.74. The maximum absolute atomic E-state index is 6.25. The summed E-state index contributed by atoms with van der Waals surface area (Å²) in [4.78, 5) is 0. The molecule has 0 heterocycles. The van der Waals surface area contributed by atoms with E-state index in [4.69, 9.17) is 4.43 Å². The van der Waals surface area contributed by atoms with E-state index in [0.717, 1.165) is 5.75 Å². The second-order valence-corrected chi connectivity index (χ2v) is 11.1. The SMILES string of the molecule is C/C=C(\C)c1ccc(O[Si](C)(C)C(C)(C)C)cc1. The van der Waals surface area contributed by atoms with Crippen LogP contribution in [0.3, 0.4) is 0 Å². The molecule has 0 saturated carbocycles. The van der Waals surface area contributed by atoms with Crippen molar-refractivity contribution in [2.75, 3.05) is 0 Å². The Morgan fingerprint density at radius 2 is 1.61 bits per heavy atom. The Balaban J connectivity index is 2.88. The highest BCUT2D eigenvalue weighted by Crippen LogP contribution is 2.37. The van der Waals surface area contributed by atoms with E-state index in [9.17, 15) is 0 Å². The van der Waals surface area contributed by atoms with Crippen LogP contribution in [0.1, 0.15) is 40.2 Å². The number of allylic oxidation sites excluding steroid dienone is 2. The molecule has 18 heavy (non-hydrogen) atoms. The summed E-state index contributed by atoms with van der Waals surface area (Å²) in [5, 5.41) is 0.241. The second kappa shape index (κ2) is 5.31. The van der Waals surface area contributed by atoms with Crippen molar-refractivity contribution in [1.29, 1.82) is 0 Å². The maximum atomic E-state index is 6.25. The van der Waals surface area contributed by atoms with Gasteiger partial charge in [0.05, 0.1) is 0 Å². The topological polar surface area (TPSA) is 9.23 Å². The lowest BCUT2D eigenvalue weighted by atomic mass is 10.1. The van der Waals surface area contributed by atoms with Crippen LogP contribution in [0.15, 0.2) is 30.3 Å². The minimum absolute atomic E-state index is 0.241. The zero-order valence-corrected chi connectivity index (χ0v) is 13.8. The van der Waals surface area contributed by atoms with Crippen molar-refractivity contribution in [3.8, 4) is 5.75 Å². The first kappa shape index (κ1) is 15.0. The lowest BCUT2D eigenvalue weighted by molar-refractivity contribution is 0.492. The van der Waals surface area contributed by atoms with Crippen molar-refractivity contribution in [2.45, 2.75) is 52.8 Å². The van der Waals surface area contributed by atoms with Gasteiger partial charge >= 0.3 is 0 Å². The predicted molar refractivity (Wildman–Crippen MR) is 83.6 cm³/mol. The first-order valence-electron chi connectivity index (χ1n) is 6.60. The average molecular weight is 262 g/mol. The van der Waals surface area contributed by atoms with Gasteiger partial charge in [-0.25, -0.2) is 0 Å². The van der Waals surface area contributed by atoms with Gasteiger partial charge in [0.15, 0.2) is 0 Å². The fraction of sp³-hybridized carbons (Fsp3) is 0.500. The highest BCUT2D eigenvalue weighted by Gasteiger charge is 2.38. The average Bonchev–Trinajstić information content (AvgIpc) is 2.27. The first-order valence-corrected chi connectivity index (χ1v) is 9.50. The van der Waals surface area contributed by atoms with Crippen LogP contribution in [-0.4, -0.2) is 8.32 Å². The molecular weight excluding hydrogens is 236 g/mol. The molecule has 1 nitrogen and oxygen atoms in total. The van der Waals surface area contributed by atoms with Crippen LogP contribution in [0.2, 0.25) is 18.1 Å². The van der Waals surface area contributed by atoms with E-state index in [1.165, 1.54) is 11.1 Å². The van der Waals surface area contributed by atoms with Gasteiger partial charge in [-0.3, -0.25) is 0 Å². The Bertz CT molecular complexity index is 421. The van der Waals surface area contributed by atoms with Crippen molar-refractivity contribution < 1.29 is 4.43 Å².